The molecule has 0 aliphatic carbocycles. The molecule has 0 radical (unpaired) electrons. The van der Waals surface area contributed by atoms with Gasteiger partial charge < -0.3 is 25.2 Å². The van der Waals surface area contributed by atoms with Gasteiger partial charge >= 0.3 is 18.0 Å². The standard InChI is InChI=1S/C11H16N2O6/c14-9(15)3-8(10(16)17)12-11(18)13-4-6-1-2-7(5-13)19-6/h6-8H,1-5H2,(H,12,18)(H,14,15)(H,16,17)/t6?,7?,8-/m0/s1. The van der Waals surface area contributed by atoms with E-state index in [0.29, 0.717) is 13.1 Å². The van der Waals surface area contributed by atoms with Crippen LogP contribution in [-0.4, -0.2) is 64.4 Å². The van der Waals surface area contributed by atoms with Gasteiger partial charge in [-0.1, -0.05) is 0 Å². The van der Waals surface area contributed by atoms with E-state index in [-0.39, 0.29) is 12.2 Å². The van der Waals surface area contributed by atoms with E-state index >= 15 is 0 Å². The van der Waals surface area contributed by atoms with E-state index in [4.69, 9.17) is 14.9 Å². The van der Waals surface area contributed by atoms with E-state index in [1.165, 1.54) is 4.90 Å². The summed E-state index contributed by atoms with van der Waals surface area (Å²) in [6, 6.07) is -1.96. The molecule has 2 saturated heterocycles. The molecule has 3 N–H and O–H groups in total. The summed E-state index contributed by atoms with van der Waals surface area (Å²) in [6.07, 6.45) is 1.16. The van der Waals surface area contributed by atoms with Gasteiger partial charge in [-0.3, -0.25) is 4.79 Å². The van der Waals surface area contributed by atoms with Crippen molar-refractivity contribution in [3.05, 3.63) is 0 Å². The predicted octanol–water partition coefficient (Wildman–Crippen LogP) is -0.513. The average molecular weight is 272 g/mol. The van der Waals surface area contributed by atoms with Gasteiger partial charge in [0.05, 0.1) is 18.6 Å². The maximum absolute atomic E-state index is 11.9. The molecule has 0 aromatic heterocycles. The Bertz CT molecular complexity index is 387. The summed E-state index contributed by atoms with van der Waals surface area (Å²) in [4.78, 5) is 34.8. The maximum atomic E-state index is 11.9. The molecule has 106 valence electrons. The Morgan fingerprint density at radius 1 is 1.21 bits per heavy atom. The zero-order chi connectivity index (χ0) is 14.0. The number of hydrogen-bond donors (Lipinski definition) is 3. The first kappa shape index (κ1) is 13.6. The molecule has 19 heavy (non-hydrogen) atoms. The first-order valence-corrected chi connectivity index (χ1v) is 6.11. The van der Waals surface area contributed by atoms with Crippen molar-refractivity contribution in [2.24, 2.45) is 0 Å². The predicted molar refractivity (Wildman–Crippen MR) is 61.7 cm³/mol. The summed E-state index contributed by atoms with van der Waals surface area (Å²) in [5, 5.41) is 19.7. The lowest BCUT2D eigenvalue weighted by atomic mass is 10.2. The smallest absolute Gasteiger partial charge is 0.326 e. The first-order chi connectivity index (χ1) is 8.95. The number of nitrogens with zero attached hydrogens (tertiary/aromatic N) is 1. The van der Waals surface area contributed by atoms with Gasteiger partial charge in [0.15, 0.2) is 0 Å². The summed E-state index contributed by atoms with van der Waals surface area (Å²) in [6.45, 7) is 0.837. The minimum absolute atomic E-state index is 0.00671. The highest BCUT2D eigenvalue weighted by Gasteiger charge is 2.36. The molecular formula is C11H16N2O6. The number of fused-ring (bicyclic) bond motifs is 2. The van der Waals surface area contributed by atoms with Gasteiger partial charge in [-0.2, -0.15) is 0 Å². The molecule has 3 atom stereocenters. The fourth-order valence-electron chi connectivity index (χ4n) is 2.40. The minimum Gasteiger partial charge on any atom is -0.481 e. The van der Waals surface area contributed by atoms with Crippen LogP contribution in [0, 0.1) is 0 Å². The van der Waals surface area contributed by atoms with Gasteiger partial charge in [0, 0.05) is 13.1 Å². The third-order valence-electron chi connectivity index (χ3n) is 3.31. The van der Waals surface area contributed by atoms with Gasteiger partial charge in [-0.05, 0) is 12.8 Å². The molecule has 2 bridgehead atoms. The third-order valence-corrected chi connectivity index (χ3v) is 3.31. The van der Waals surface area contributed by atoms with Crippen molar-refractivity contribution in [2.75, 3.05) is 13.1 Å². The molecule has 2 unspecified atom stereocenters. The molecule has 0 saturated carbocycles. The van der Waals surface area contributed by atoms with E-state index < -0.39 is 30.4 Å². The molecule has 8 heteroatoms. The summed E-state index contributed by atoms with van der Waals surface area (Å²) in [5.41, 5.74) is 0. The Morgan fingerprint density at radius 3 is 2.26 bits per heavy atom. The summed E-state index contributed by atoms with van der Waals surface area (Å²) < 4.78 is 5.56. The van der Waals surface area contributed by atoms with Crippen LogP contribution in [0.25, 0.3) is 0 Å². The lowest BCUT2D eigenvalue weighted by molar-refractivity contribution is -0.145. The number of ether oxygens (including phenoxy) is 1. The zero-order valence-electron chi connectivity index (χ0n) is 10.2. The van der Waals surface area contributed by atoms with E-state index in [1.807, 2.05) is 0 Å². The summed E-state index contributed by atoms with van der Waals surface area (Å²) >= 11 is 0. The van der Waals surface area contributed by atoms with Crippen LogP contribution in [0.3, 0.4) is 0 Å². The van der Waals surface area contributed by atoms with Gasteiger partial charge in [-0.15, -0.1) is 0 Å². The van der Waals surface area contributed by atoms with Crippen LogP contribution in [0.1, 0.15) is 19.3 Å². The number of morpholine rings is 1. The van der Waals surface area contributed by atoms with Crippen molar-refractivity contribution in [3.63, 3.8) is 0 Å². The topological polar surface area (TPSA) is 116 Å². The fourth-order valence-corrected chi connectivity index (χ4v) is 2.40. The third kappa shape index (κ3) is 3.34. The van der Waals surface area contributed by atoms with Crippen molar-refractivity contribution >= 4 is 18.0 Å². The second-order valence-electron chi connectivity index (χ2n) is 4.80. The zero-order valence-corrected chi connectivity index (χ0v) is 10.2. The highest BCUT2D eigenvalue weighted by Crippen LogP contribution is 2.26. The Kier molecular flexibility index (Phi) is 3.89. The lowest BCUT2D eigenvalue weighted by Crippen LogP contribution is -2.53. The second-order valence-corrected chi connectivity index (χ2v) is 4.80. The molecule has 2 aliphatic rings. The molecule has 2 aliphatic heterocycles. The number of carboxylic acid groups (broad SMARTS) is 2. The largest absolute Gasteiger partial charge is 0.481 e. The number of carbonyl (C=O) groups is 3. The van der Waals surface area contributed by atoms with E-state index in [1.54, 1.807) is 0 Å². The van der Waals surface area contributed by atoms with E-state index in [9.17, 15) is 14.4 Å². The number of carbonyl (C=O) groups excluding carboxylic acids is 1. The molecule has 0 aromatic carbocycles. The van der Waals surface area contributed by atoms with Crippen LogP contribution in [-0.2, 0) is 14.3 Å². The quantitative estimate of drug-likeness (QED) is 0.634. The number of aliphatic carboxylic acids is 2. The number of carboxylic acids is 2. The van der Waals surface area contributed by atoms with Gasteiger partial charge in [0.2, 0.25) is 0 Å². The number of amides is 2. The number of rotatable bonds is 4. The van der Waals surface area contributed by atoms with Crippen LogP contribution < -0.4 is 5.32 Å². The maximum Gasteiger partial charge on any atom is 0.326 e. The van der Waals surface area contributed by atoms with Gasteiger partial charge in [0.25, 0.3) is 0 Å². The molecule has 0 aromatic rings. The second kappa shape index (κ2) is 5.43. The van der Waals surface area contributed by atoms with Crippen molar-refractivity contribution in [1.82, 2.24) is 10.2 Å². The monoisotopic (exact) mass is 272 g/mol. The van der Waals surface area contributed by atoms with Gasteiger partial charge in [-0.25, -0.2) is 9.59 Å². The molecule has 8 nitrogen and oxygen atoms in total. The Morgan fingerprint density at radius 2 is 1.79 bits per heavy atom. The number of nitrogens with one attached hydrogen (secondary N) is 1. The average Bonchev–Trinajstić information content (AvgIpc) is 2.66. The molecule has 2 fully saturated rings. The highest BCUT2D eigenvalue weighted by atomic mass is 16.5. The van der Waals surface area contributed by atoms with Crippen molar-refractivity contribution in [2.45, 2.75) is 37.5 Å². The van der Waals surface area contributed by atoms with Crippen LogP contribution in [0.15, 0.2) is 0 Å². The normalized spacial score (nSPS) is 26.8. The van der Waals surface area contributed by atoms with Crippen molar-refractivity contribution in [3.8, 4) is 0 Å². The number of hydrogen-bond acceptors (Lipinski definition) is 4. The molecule has 2 rings (SSSR count). The summed E-state index contributed by atoms with van der Waals surface area (Å²) in [5.74, 6) is -2.62. The SMILES string of the molecule is O=C(O)C[C@H](NC(=O)N1CC2CCC(C1)O2)C(=O)O. The van der Waals surface area contributed by atoms with Crippen LogP contribution in [0.2, 0.25) is 0 Å². The van der Waals surface area contributed by atoms with E-state index in [0.717, 1.165) is 12.8 Å². The Labute approximate surface area is 109 Å². The molecule has 2 amide bonds. The fraction of sp³-hybridized carbons (Fsp3) is 0.727. The van der Waals surface area contributed by atoms with Crippen LogP contribution in [0.5, 0.6) is 0 Å². The minimum atomic E-state index is -1.41. The van der Waals surface area contributed by atoms with Gasteiger partial charge in [0.1, 0.15) is 6.04 Å². The molecular weight excluding hydrogens is 256 g/mol. The molecule has 0 spiro atoms. The van der Waals surface area contributed by atoms with Crippen LogP contribution >= 0.6 is 0 Å². The van der Waals surface area contributed by atoms with Crippen molar-refractivity contribution in [1.29, 1.82) is 0 Å². The number of likely N-dealkylation sites (tertiary alicyclic amines) is 1. The van der Waals surface area contributed by atoms with Crippen LogP contribution in [0.4, 0.5) is 4.79 Å². The van der Waals surface area contributed by atoms with Crippen molar-refractivity contribution < 1.29 is 29.3 Å². The summed E-state index contributed by atoms with van der Waals surface area (Å²) in [7, 11) is 0. The Hall–Kier alpha value is -1.83. The lowest BCUT2D eigenvalue weighted by Gasteiger charge is -2.32. The first-order valence-electron chi connectivity index (χ1n) is 6.11. The Balaban J connectivity index is 1.91. The highest BCUT2D eigenvalue weighted by molar-refractivity contribution is 5.86. The number of urea groups is 1. The van der Waals surface area contributed by atoms with E-state index in [2.05, 4.69) is 5.32 Å². The molecule has 2 heterocycles.